The molecule has 5 rings (SSSR count). The first kappa shape index (κ1) is 25.5. The number of likely N-dealkylation sites (tertiary alicyclic amines) is 1. The van der Waals surface area contributed by atoms with Gasteiger partial charge >= 0.3 is 0 Å². The van der Waals surface area contributed by atoms with Gasteiger partial charge in [0.05, 0.1) is 0 Å². The molecule has 0 spiro atoms. The molecule has 1 saturated heterocycles. The molecule has 0 bridgehead atoms. The second-order valence-corrected chi connectivity index (χ2v) is 9.76. The average molecular weight is 490 g/mol. The fraction of sp³-hybridized carbons (Fsp3) is 0.355. The molecule has 0 radical (unpaired) electrons. The van der Waals surface area contributed by atoms with Crippen molar-refractivity contribution in [2.24, 2.45) is 0 Å². The first-order chi connectivity index (χ1) is 16.7. The Bertz CT molecular complexity index is 1110. The molecule has 1 heterocycles. The highest BCUT2D eigenvalue weighted by Crippen LogP contribution is 2.38. The van der Waals surface area contributed by atoms with Crippen LogP contribution in [0.1, 0.15) is 66.7 Å². The number of aliphatic hydroxyl groups excluding tert-OH is 1. The summed E-state index contributed by atoms with van der Waals surface area (Å²) in [5.74, 6) is 0.906. The van der Waals surface area contributed by atoms with Gasteiger partial charge in [0.1, 0.15) is 5.75 Å². The number of aromatic hydroxyl groups is 1. The molecule has 184 valence electrons. The maximum Gasteiger partial charge on any atom is 0.116 e. The van der Waals surface area contributed by atoms with Crippen LogP contribution in [-0.4, -0.2) is 40.9 Å². The molecule has 0 amide bonds. The lowest BCUT2D eigenvalue weighted by Gasteiger charge is -2.32. The zero-order chi connectivity index (χ0) is 23.3. The van der Waals surface area contributed by atoms with E-state index in [1.54, 1.807) is 6.07 Å². The van der Waals surface area contributed by atoms with Crippen LogP contribution in [0.25, 0.3) is 11.1 Å². The predicted molar refractivity (Wildman–Crippen MR) is 147 cm³/mol. The third-order valence-corrected chi connectivity index (χ3v) is 7.41. The SMILES string of the molecule is Cl.OCCC/C(=C(/c1ccc(C2CCN(C3CC3)CC2)cc1)c1cccc(O)c1)c1ccccc1. The molecule has 2 N–H and O–H groups in total. The maximum atomic E-state index is 10.2. The second-order valence-electron chi connectivity index (χ2n) is 9.76. The number of halogens is 1. The number of rotatable bonds is 8. The fourth-order valence-electron chi connectivity index (χ4n) is 5.44. The van der Waals surface area contributed by atoms with Gasteiger partial charge in [0, 0.05) is 12.6 Å². The molecule has 0 aromatic heterocycles. The number of hydrogen-bond acceptors (Lipinski definition) is 3. The number of nitrogens with zero attached hydrogens (tertiary/aromatic N) is 1. The smallest absolute Gasteiger partial charge is 0.116 e. The van der Waals surface area contributed by atoms with E-state index in [-0.39, 0.29) is 24.8 Å². The number of benzene rings is 3. The second kappa shape index (κ2) is 11.9. The van der Waals surface area contributed by atoms with Crippen molar-refractivity contribution < 1.29 is 10.2 Å². The van der Waals surface area contributed by atoms with Crippen molar-refractivity contribution in [3.8, 4) is 5.75 Å². The summed E-state index contributed by atoms with van der Waals surface area (Å²) in [5, 5.41) is 19.9. The van der Waals surface area contributed by atoms with Gasteiger partial charge in [-0.1, -0.05) is 66.7 Å². The van der Waals surface area contributed by atoms with Crippen molar-refractivity contribution in [1.82, 2.24) is 4.90 Å². The first-order valence-electron chi connectivity index (χ1n) is 12.8. The van der Waals surface area contributed by atoms with E-state index < -0.39 is 0 Å². The summed E-state index contributed by atoms with van der Waals surface area (Å²) in [7, 11) is 0. The van der Waals surface area contributed by atoms with E-state index in [4.69, 9.17) is 0 Å². The maximum absolute atomic E-state index is 10.2. The van der Waals surface area contributed by atoms with Gasteiger partial charge in [0.25, 0.3) is 0 Å². The van der Waals surface area contributed by atoms with E-state index in [0.29, 0.717) is 12.3 Å². The minimum absolute atomic E-state index is 0. The lowest BCUT2D eigenvalue weighted by atomic mass is 9.85. The van der Waals surface area contributed by atoms with Gasteiger partial charge in [-0.15, -0.1) is 12.4 Å². The third-order valence-electron chi connectivity index (χ3n) is 7.41. The summed E-state index contributed by atoms with van der Waals surface area (Å²) in [6.07, 6.45) is 6.75. The minimum Gasteiger partial charge on any atom is -0.508 e. The molecule has 3 nitrogen and oxygen atoms in total. The lowest BCUT2D eigenvalue weighted by Crippen LogP contribution is -2.34. The summed E-state index contributed by atoms with van der Waals surface area (Å²) < 4.78 is 0. The zero-order valence-electron chi connectivity index (χ0n) is 20.3. The van der Waals surface area contributed by atoms with Gasteiger partial charge in [0.15, 0.2) is 0 Å². The van der Waals surface area contributed by atoms with Gasteiger partial charge in [0.2, 0.25) is 0 Å². The van der Waals surface area contributed by atoms with Crippen LogP contribution in [-0.2, 0) is 0 Å². The third kappa shape index (κ3) is 6.16. The van der Waals surface area contributed by atoms with E-state index in [2.05, 4.69) is 59.5 Å². The van der Waals surface area contributed by atoms with Crippen molar-refractivity contribution in [3.63, 3.8) is 0 Å². The van der Waals surface area contributed by atoms with Crippen molar-refractivity contribution in [1.29, 1.82) is 0 Å². The quantitative estimate of drug-likeness (QED) is 0.339. The van der Waals surface area contributed by atoms with E-state index in [9.17, 15) is 10.2 Å². The number of phenols is 1. The van der Waals surface area contributed by atoms with E-state index in [0.717, 1.165) is 34.7 Å². The number of hydrogen-bond donors (Lipinski definition) is 2. The van der Waals surface area contributed by atoms with E-state index >= 15 is 0 Å². The summed E-state index contributed by atoms with van der Waals surface area (Å²) in [5.41, 5.74) is 7.08. The molecule has 0 atom stereocenters. The number of allylic oxidation sites excluding steroid dienone is 1. The van der Waals surface area contributed by atoms with Crippen LogP contribution in [0.3, 0.4) is 0 Å². The summed E-state index contributed by atoms with van der Waals surface area (Å²) in [6, 6.07) is 28.0. The largest absolute Gasteiger partial charge is 0.508 e. The summed E-state index contributed by atoms with van der Waals surface area (Å²) >= 11 is 0. The molecular weight excluding hydrogens is 454 g/mol. The molecule has 4 heteroatoms. The highest BCUT2D eigenvalue weighted by molar-refractivity contribution is 5.98. The fourth-order valence-corrected chi connectivity index (χ4v) is 5.44. The van der Waals surface area contributed by atoms with Gasteiger partial charge in [-0.2, -0.15) is 0 Å². The summed E-state index contributed by atoms with van der Waals surface area (Å²) in [6.45, 7) is 2.61. The Kier molecular flexibility index (Phi) is 8.67. The van der Waals surface area contributed by atoms with Crippen molar-refractivity contribution >= 4 is 23.6 Å². The molecular formula is C31H36ClNO2. The molecule has 1 aliphatic carbocycles. The summed E-state index contributed by atoms with van der Waals surface area (Å²) in [4.78, 5) is 2.68. The van der Waals surface area contributed by atoms with Crippen LogP contribution in [0.4, 0.5) is 0 Å². The topological polar surface area (TPSA) is 43.7 Å². The standard InChI is InChI=1S/C31H35NO2.ClH/c33-21-5-10-30(25-6-2-1-3-7-25)31(27-8-4-9-29(34)22-27)26-13-11-23(12-14-26)24-17-19-32(20-18-24)28-15-16-28;/h1-4,6-9,11-14,22,24,28,33-34H,5,10,15-21H2;1H/b31-30+;. The minimum atomic E-state index is 0. The monoisotopic (exact) mass is 489 g/mol. The van der Waals surface area contributed by atoms with Crippen LogP contribution in [0, 0.1) is 0 Å². The highest BCUT2D eigenvalue weighted by Gasteiger charge is 2.32. The normalized spacial score (nSPS) is 17.5. The predicted octanol–water partition coefficient (Wildman–Crippen LogP) is 6.89. The average Bonchev–Trinajstić information content (AvgIpc) is 3.73. The molecule has 1 aliphatic heterocycles. The van der Waals surface area contributed by atoms with Gasteiger partial charge in [-0.25, -0.2) is 0 Å². The molecule has 2 fully saturated rings. The number of aliphatic hydroxyl groups is 1. The molecule has 2 aliphatic rings. The molecule has 3 aromatic rings. The lowest BCUT2D eigenvalue weighted by molar-refractivity contribution is 0.203. The van der Waals surface area contributed by atoms with Crippen molar-refractivity contribution in [3.05, 3.63) is 101 Å². The van der Waals surface area contributed by atoms with E-state index in [1.165, 1.54) is 49.9 Å². The Balaban J connectivity index is 0.00000289. The Hall–Kier alpha value is -2.59. The highest BCUT2D eigenvalue weighted by atomic mass is 35.5. The molecule has 0 unspecified atom stereocenters. The Morgan fingerprint density at radius 1 is 0.771 bits per heavy atom. The molecule has 1 saturated carbocycles. The van der Waals surface area contributed by atoms with Crippen LogP contribution in [0.2, 0.25) is 0 Å². The van der Waals surface area contributed by atoms with Crippen LogP contribution in [0.15, 0.2) is 78.9 Å². The van der Waals surface area contributed by atoms with Crippen LogP contribution in [0.5, 0.6) is 5.75 Å². The van der Waals surface area contributed by atoms with Gasteiger partial charge < -0.3 is 15.1 Å². The van der Waals surface area contributed by atoms with Crippen molar-refractivity contribution in [2.45, 2.75) is 50.5 Å². The van der Waals surface area contributed by atoms with E-state index in [1.807, 2.05) is 18.2 Å². The van der Waals surface area contributed by atoms with Gasteiger partial charge in [-0.3, -0.25) is 0 Å². The first-order valence-corrected chi connectivity index (χ1v) is 12.8. The molecule has 35 heavy (non-hydrogen) atoms. The number of phenolic OH excluding ortho intramolecular Hbond substituents is 1. The Morgan fingerprint density at radius 3 is 2.09 bits per heavy atom. The Labute approximate surface area is 215 Å². The van der Waals surface area contributed by atoms with Gasteiger partial charge in [-0.05, 0) is 103 Å². The molecule has 3 aromatic carbocycles. The van der Waals surface area contributed by atoms with Crippen molar-refractivity contribution in [2.75, 3.05) is 19.7 Å². The zero-order valence-corrected chi connectivity index (χ0v) is 21.1. The van der Waals surface area contributed by atoms with Crippen LogP contribution < -0.4 is 0 Å². The van der Waals surface area contributed by atoms with Crippen LogP contribution >= 0.6 is 12.4 Å². The Morgan fingerprint density at radius 2 is 1.46 bits per heavy atom. The number of piperidine rings is 1.